The monoisotopic (exact) mass is 247 g/mol. The number of rotatable bonds is 4. The van der Waals surface area contributed by atoms with Gasteiger partial charge in [0.1, 0.15) is 12.0 Å². The van der Waals surface area contributed by atoms with E-state index in [0.29, 0.717) is 5.92 Å². The summed E-state index contributed by atoms with van der Waals surface area (Å²) < 4.78 is 5.15. The topological polar surface area (TPSA) is 38.3 Å². The Labute approximate surface area is 109 Å². The standard InChI is InChI=1S/C15H21NO2/c1-15(2)10-16-14(9-17)13(15)8-11-4-6-12(18-3)7-5-11/h4-7,9,13-14,16H,8,10H2,1-3H3. The summed E-state index contributed by atoms with van der Waals surface area (Å²) in [7, 11) is 1.67. The van der Waals surface area contributed by atoms with Gasteiger partial charge >= 0.3 is 0 Å². The van der Waals surface area contributed by atoms with Crippen molar-refractivity contribution in [1.29, 1.82) is 0 Å². The second kappa shape index (κ2) is 5.11. The molecule has 1 N–H and O–H groups in total. The molecule has 2 rings (SSSR count). The minimum atomic E-state index is -0.0258. The maximum absolute atomic E-state index is 11.1. The summed E-state index contributed by atoms with van der Waals surface area (Å²) in [5.74, 6) is 1.22. The predicted octanol–water partition coefficient (Wildman–Crippen LogP) is 2.05. The first kappa shape index (κ1) is 13.1. The number of nitrogens with one attached hydrogen (secondary N) is 1. The van der Waals surface area contributed by atoms with Crippen LogP contribution in [0.1, 0.15) is 19.4 Å². The van der Waals surface area contributed by atoms with E-state index in [9.17, 15) is 4.79 Å². The van der Waals surface area contributed by atoms with E-state index in [4.69, 9.17) is 4.74 Å². The highest BCUT2D eigenvalue weighted by Gasteiger charge is 2.41. The highest BCUT2D eigenvalue weighted by Crippen LogP contribution is 2.36. The lowest BCUT2D eigenvalue weighted by Crippen LogP contribution is -2.32. The minimum Gasteiger partial charge on any atom is -0.497 e. The molecule has 0 radical (unpaired) electrons. The minimum absolute atomic E-state index is 0.0258. The average Bonchev–Trinajstić information content (AvgIpc) is 2.66. The van der Waals surface area contributed by atoms with Crippen molar-refractivity contribution in [3.05, 3.63) is 29.8 Å². The molecule has 98 valence electrons. The second-order valence-corrected chi connectivity index (χ2v) is 5.69. The van der Waals surface area contributed by atoms with E-state index in [2.05, 4.69) is 31.3 Å². The lowest BCUT2D eigenvalue weighted by atomic mass is 9.75. The Morgan fingerprint density at radius 1 is 1.39 bits per heavy atom. The van der Waals surface area contributed by atoms with Crippen LogP contribution in [0.3, 0.4) is 0 Å². The van der Waals surface area contributed by atoms with Crippen LogP contribution in [-0.4, -0.2) is 26.0 Å². The number of aldehydes is 1. The third kappa shape index (κ3) is 2.56. The summed E-state index contributed by atoms with van der Waals surface area (Å²) in [6, 6.07) is 8.08. The summed E-state index contributed by atoms with van der Waals surface area (Å²) in [5.41, 5.74) is 1.41. The van der Waals surface area contributed by atoms with Gasteiger partial charge in [0, 0.05) is 6.54 Å². The second-order valence-electron chi connectivity index (χ2n) is 5.69. The van der Waals surface area contributed by atoms with E-state index in [0.717, 1.165) is 25.0 Å². The SMILES string of the molecule is COc1ccc(CC2C(C=O)NCC2(C)C)cc1. The molecule has 1 heterocycles. The van der Waals surface area contributed by atoms with E-state index < -0.39 is 0 Å². The highest BCUT2D eigenvalue weighted by atomic mass is 16.5. The van der Waals surface area contributed by atoms with Gasteiger partial charge in [0.15, 0.2) is 0 Å². The van der Waals surface area contributed by atoms with Crippen molar-refractivity contribution in [2.45, 2.75) is 26.3 Å². The number of hydrogen-bond donors (Lipinski definition) is 1. The molecule has 3 nitrogen and oxygen atoms in total. The molecule has 1 aliphatic rings. The molecule has 1 aromatic rings. The molecule has 1 aliphatic heterocycles. The van der Waals surface area contributed by atoms with E-state index in [1.165, 1.54) is 5.56 Å². The number of carbonyl (C=O) groups is 1. The van der Waals surface area contributed by atoms with Crippen LogP contribution in [0.4, 0.5) is 0 Å². The van der Waals surface area contributed by atoms with Crippen LogP contribution in [0.5, 0.6) is 5.75 Å². The van der Waals surface area contributed by atoms with Crippen LogP contribution in [0.25, 0.3) is 0 Å². The summed E-state index contributed by atoms with van der Waals surface area (Å²) in [4.78, 5) is 11.1. The summed E-state index contributed by atoms with van der Waals surface area (Å²) in [6.45, 7) is 5.34. The lowest BCUT2D eigenvalue weighted by Gasteiger charge is -2.27. The maximum atomic E-state index is 11.1. The Balaban J connectivity index is 2.13. The number of carbonyl (C=O) groups excluding carboxylic acids is 1. The quantitative estimate of drug-likeness (QED) is 0.828. The molecule has 2 unspecified atom stereocenters. The zero-order valence-electron chi connectivity index (χ0n) is 11.3. The predicted molar refractivity (Wildman–Crippen MR) is 71.8 cm³/mol. The molecule has 0 spiro atoms. The third-order valence-corrected chi connectivity index (χ3v) is 3.99. The van der Waals surface area contributed by atoms with Gasteiger partial charge in [0.2, 0.25) is 0 Å². The van der Waals surface area contributed by atoms with Gasteiger partial charge in [0.25, 0.3) is 0 Å². The maximum Gasteiger partial charge on any atom is 0.137 e. The Bertz CT molecular complexity index is 411. The number of ether oxygens (including phenoxy) is 1. The average molecular weight is 247 g/mol. The van der Waals surface area contributed by atoms with Crippen molar-refractivity contribution in [3.63, 3.8) is 0 Å². The van der Waals surface area contributed by atoms with E-state index in [1.54, 1.807) is 7.11 Å². The fourth-order valence-corrected chi connectivity index (χ4v) is 2.70. The fourth-order valence-electron chi connectivity index (χ4n) is 2.70. The van der Waals surface area contributed by atoms with Crippen molar-refractivity contribution < 1.29 is 9.53 Å². The molecule has 0 aromatic heterocycles. The molecule has 0 bridgehead atoms. The summed E-state index contributed by atoms with van der Waals surface area (Å²) >= 11 is 0. The van der Waals surface area contributed by atoms with E-state index in [-0.39, 0.29) is 11.5 Å². The molecule has 18 heavy (non-hydrogen) atoms. The van der Waals surface area contributed by atoms with Crippen molar-refractivity contribution >= 4 is 6.29 Å². The largest absolute Gasteiger partial charge is 0.497 e. The fraction of sp³-hybridized carbons (Fsp3) is 0.533. The third-order valence-electron chi connectivity index (χ3n) is 3.99. The summed E-state index contributed by atoms with van der Waals surface area (Å²) in [6.07, 6.45) is 1.97. The molecular formula is C15H21NO2. The van der Waals surface area contributed by atoms with Gasteiger partial charge in [-0.3, -0.25) is 0 Å². The van der Waals surface area contributed by atoms with Crippen LogP contribution < -0.4 is 10.1 Å². The van der Waals surface area contributed by atoms with Gasteiger partial charge in [-0.05, 0) is 35.4 Å². The molecule has 2 atom stereocenters. The zero-order valence-corrected chi connectivity index (χ0v) is 11.3. The number of benzene rings is 1. The van der Waals surface area contributed by atoms with Gasteiger partial charge in [-0.1, -0.05) is 26.0 Å². The van der Waals surface area contributed by atoms with Crippen molar-refractivity contribution in [3.8, 4) is 5.75 Å². The number of methoxy groups -OCH3 is 1. The van der Waals surface area contributed by atoms with Gasteiger partial charge < -0.3 is 14.8 Å². The Hall–Kier alpha value is -1.35. The first-order valence-electron chi connectivity index (χ1n) is 6.38. The smallest absolute Gasteiger partial charge is 0.137 e. The van der Waals surface area contributed by atoms with Crippen LogP contribution >= 0.6 is 0 Å². The lowest BCUT2D eigenvalue weighted by molar-refractivity contribution is -0.110. The Morgan fingerprint density at radius 2 is 2.06 bits per heavy atom. The van der Waals surface area contributed by atoms with Crippen LogP contribution in [-0.2, 0) is 11.2 Å². The van der Waals surface area contributed by atoms with Gasteiger partial charge in [-0.25, -0.2) is 0 Å². The molecule has 0 aliphatic carbocycles. The molecule has 1 fully saturated rings. The molecule has 1 aromatic carbocycles. The van der Waals surface area contributed by atoms with E-state index in [1.807, 2.05) is 12.1 Å². The van der Waals surface area contributed by atoms with Crippen molar-refractivity contribution in [1.82, 2.24) is 5.32 Å². The molecular weight excluding hydrogens is 226 g/mol. The number of hydrogen-bond acceptors (Lipinski definition) is 3. The molecule has 0 amide bonds. The molecule has 1 saturated heterocycles. The zero-order chi connectivity index (χ0) is 13.2. The Morgan fingerprint density at radius 3 is 2.61 bits per heavy atom. The van der Waals surface area contributed by atoms with Crippen LogP contribution in [0, 0.1) is 11.3 Å². The Kier molecular flexibility index (Phi) is 3.71. The van der Waals surface area contributed by atoms with Gasteiger partial charge in [0.05, 0.1) is 13.2 Å². The van der Waals surface area contributed by atoms with Crippen LogP contribution in [0.2, 0.25) is 0 Å². The van der Waals surface area contributed by atoms with E-state index >= 15 is 0 Å². The highest BCUT2D eigenvalue weighted by molar-refractivity contribution is 5.59. The van der Waals surface area contributed by atoms with Crippen LogP contribution in [0.15, 0.2) is 24.3 Å². The van der Waals surface area contributed by atoms with Crippen molar-refractivity contribution in [2.75, 3.05) is 13.7 Å². The molecule has 0 saturated carbocycles. The summed E-state index contributed by atoms with van der Waals surface area (Å²) in [5, 5.41) is 3.30. The first-order valence-corrected chi connectivity index (χ1v) is 6.38. The molecule has 3 heteroatoms. The van der Waals surface area contributed by atoms with Gasteiger partial charge in [-0.15, -0.1) is 0 Å². The first-order chi connectivity index (χ1) is 8.56. The van der Waals surface area contributed by atoms with Gasteiger partial charge in [-0.2, -0.15) is 0 Å². The van der Waals surface area contributed by atoms with Crippen molar-refractivity contribution in [2.24, 2.45) is 11.3 Å². The normalized spacial score (nSPS) is 25.9.